The fourth-order valence-electron chi connectivity index (χ4n) is 2.21. The highest BCUT2D eigenvalue weighted by molar-refractivity contribution is 9.09. The molecule has 0 aliphatic carbocycles. The van der Waals surface area contributed by atoms with Gasteiger partial charge in [-0.15, -0.1) is 11.3 Å². The average Bonchev–Trinajstić information content (AvgIpc) is 2.87. The van der Waals surface area contributed by atoms with Gasteiger partial charge in [0.2, 0.25) is 0 Å². The van der Waals surface area contributed by atoms with Gasteiger partial charge in [-0.05, 0) is 49.1 Å². The van der Waals surface area contributed by atoms with E-state index in [0.29, 0.717) is 0 Å². The second kappa shape index (κ2) is 7.10. The second-order valence-corrected chi connectivity index (χ2v) is 6.51. The van der Waals surface area contributed by atoms with Crippen LogP contribution in [0, 0.1) is 12.8 Å². The molecule has 96 valence electrons. The van der Waals surface area contributed by atoms with Crippen molar-refractivity contribution in [1.82, 2.24) is 0 Å². The Morgan fingerprint density at radius 3 is 2.78 bits per heavy atom. The first kappa shape index (κ1) is 13.8. The van der Waals surface area contributed by atoms with Crippen LogP contribution in [0.15, 0.2) is 41.8 Å². The number of aryl methyl sites for hydroxylation is 2. The molecule has 0 fully saturated rings. The van der Waals surface area contributed by atoms with E-state index in [0.717, 1.165) is 11.2 Å². The van der Waals surface area contributed by atoms with Crippen molar-refractivity contribution < 1.29 is 0 Å². The van der Waals surface area contributed by atoms with E-state index in [1.54, 1.807) is 0 Å². The molecule has 2 heteroatoms. The van der Waals surface area contributed by atoms with Crippen LogP contribution in [0.5, 0.6) is 0 Å². The van der Waals surface area contributed by atoms with Gasteiger partial charge < -0.3 is 0 Å². The minimum atomic E-state index is 0.730. The summed E-state index contributed by atoms with van der Waals surface area (Å²) < 4.78 is 0. The number of hydrogen-bond donors (Lipinski definition) is 0. The number of halogens is 1. The quantitative estimate of drug-likeness (QED) is 0.638. The van der Waals surface area contributed by atoms with Crippen LogP contribution in [0.1, 0.15) is 22.4 Å². The van der Waals surface area contributed by atoms with Gasteiger partial charge in [0.25, 0.3) is 0 Å². The molecule has 2 rings (SSSR count). The first-order valence-electron chi connectivity index (χ1n) is 6.42. The van der Waals surface area contributed by atoms with Crippen molar-refractivity contribution in [3.8, 4) is 0 Å². The molecule has 18 heavy (non-hydrogen) atoms. The standard InChI is InChI=1S/C16H19BrS/c1-13-4-2-5-14(10-13)11-15(12-17)7-8-16-6-3-9-18-16/h2-6,9-10,15H,7-8,11-12H2,1H3. The first-order valence-corrected chi connectivity index (χ1v) is 8.42. The molecule has 0 N–H and O–H groups in total. The van der Waals surface area contributed by atoms with Crippen molar-refractivity contribution in [2.45, 2.75) is 26.2 Å². The summed E-state index contributed by atoms with van der Waals surface area (Å²) in [4.78, 5) is 1.50. The lowest BCUT2D eigenvalue weighted by atomic mass is 9.95. The van der Waals surface area contributed by atoms with Gasteiger partial charge in [0.1, 0.15) is 0 Å². The molecule has 0 nitrogen and oxygen atoms in total. The Hall–Kier alpha value is -0.600. The fourth-order valence-corrected chi connectivity index (χ4v) is 3.48. The Kier molecular flexibility index (Phi) is 5.45. The van der Waals surface area contributed by atoms with Gasteiger partial charge in [0.15, 0.2) is 0 Å². The molecule has 1 atom stereocenters. The van der Waals surface area contributed by atoms with E-state index in [1.807, 2.05) is 11.3 Å². The van der Waals surface area contributed by atoms with Crippen LogP contribution in [0.3, 0.4) is 0 Å². The highest BCUT2D eigenvalue weighted by atomic mass is 79.9. The van der Waals surface area contributed by atoms with Gasteiger partial charge in [-0.1, -0.05) is 51.8 Å². The molecular formula is C16H19BrS. The molecule has 1 aromatic heterocycles. The second-order valence-electron chi connectivity index (χ2n) is 4.83. The molecule has 2 aromatic rings. The SMILES string of the molecule is Cc1cccc(CC(CBr)CCc2cccs2)c1. The van der Waals surface area contributed by atoms with Crippen molar-refractivity contribution in [1.29, 1.82) is 0 Å². The lowest BCUT2D eigenvalue weighted by Crippen LogP contribution is -2.07. The minimum Gasteiger partial charge on any atom is -0.149 e. The molecule has 0 amide bonds. The van der Waals surface area contributed by atoms with Gasteiger partial charge >= 0.3 is 0 Å². The number of hydrogen-bond acceptors (Lipinski definition) is 1. The predicted molar refractivity (Wildman–Crippen MR) is 84.8 cm³/mol. The smallest absolute Gasteiger partial charge is 0.00629 e. The van der Waals surface area contributed by atoms with Crippen molar-refractivity contribution in [3.63, 3.8) is 0 Å². The zero-order chi connectivity index (χ0) is 12.8. The van der Waals surface area contributed by atoms with Gasteiger partial charge in [-0.2, -0.15) is 0 Å². The molecule has 1 unspecified atom stereocenters. The van der Waals surface area contributed by atoms with E-state index in [-0.39, 0.29) is 0 Å². The van der Waals surface area contributed by atoms with Crippen LogP contribution in [-0.4, -0.2) is 5.33 Å². The molecular weight excluding hydrogens is 304 g/mol. The predicted octanol–water partition coefficient (Wildman–Crippen LogP) is 5.24. The Morgan fingerprint density at radius 2 is 2.11 bits per heavy atom. The van der Waals surface area contributed by atoms with Crippen molar-refractivity contribution >= 4 is 27.3 Å². The summed E-state index contributed by atoms with van der Waals surface area (Å²) in [6, 6.07) is 13.3. The van der Waals surface area contributed by atoms with Gasteiger partial charge in [-0.3, -0.25) is 0 Å². The summed E-state index contributed by atoms with van der Waals surface area (Å²) in [5.74, 6) is 0.730. The largest absolute Gasteiger partial charge is 0.149 e. The maximum Gasteiger partial charge on any atom is 0.00629 e. The van der Waals surface area contributed by atoms with Gasteiger partial charge in [-0.25, -0.2) is 0 Å². The van der Waals surface area contributed by atoms with Crippen LogP contribution >= 0.6 is 27.3 Å². The van der Waals surface area contributed by atoms with E-state index < -0.39 is 0 Å². The molecule has 0 aliphatic rings. The monoisotopic (exact) mass is 322 g/mol. The Balaban J connectivity index is 1.89. The van der Waals surface area contributed by atoms with Crippen LogP contribution in [0.4, 0.5) is 0 Å². The van der Waals surface area contributed by atoms with Crippen LogP contribution in [0.25, 0.3) is 0 Å². The molecule has 0 spiro atoms. The minimum absolute atomic E-state index is 0.730. The fraction of sp³-hybridized carbons (Fsp3) is 0.375. The zero-order valence-electron chi connectivity index (χ0n) is 10.7. The van der Waals surface area contributed by atoms with Crippen molar-refractivity contribution in [2.24, 2.45) is 5.92 Å². The average molecular weight is 323 g/mol. The van der Waals surface area contributed by atoms with E-state index in [1.165, 1.54) is 35.3 Å². The van der Waals surface area contributed by atoms with Gasteiger partial charge in [0, 0.05) is 10.2 Å². The topological polar surface area (TPSA) is 0 Å². The molecule has 0 saturated heterocycles. The summed E-state index contributed by atoms with van der Waals surface area (Å²) in [6.45, 7) is 2.16. The molecule has 0 aliphatic heterocycles. The molecule has 1 heterocycles. The third-order valence-electron chi connectivity index (χ3n) is 3.20. The molecule has 0 radical (unpaired) electrons. The van der Waals surface area contributed by atoms with E-state index in [2.05, 4.69) is 64.6 Å². The van der Waals surface area contributed by atoms with Gasteiger partial charge in [0.05, 0.1) is 0 Å². The number of thiophene rings is 1. The van der Waals surface area contributed by atoms with E-state index >= 15 is 0 Å². The van der Waals surface area contributed by atoms with E-state index in [9.17, 15) is 0 Å². The van der Waals surface area contributed by atoms with E-state index in [4.69, 9.17) is 0 Å². The summed E-state index contributed by atoms with van der Waals surface area (Å²) in [5, 5.41) is 3.26. The molecule has 0 bridgehead atoms. The summed E-state index contributed by atoms with van der Waals surface area (Å²) >= 11 is 5.53. The van der Waals surface area contributed by atoms with Crippen LogP contribution in [0.2, 0.25) is 0 Å². The Labute approximate surface area is 122 Å². The normalized spacial score (nSPS) is 12.6. The third kappa shape index (κ3) is 4.25. The maximum absolute atomic E-state index is 3.66. The maximum atomic E-state index is 3.66. The highest BCUT2D eigenvalue weighted by Gasteiger charge is 2.09. The summed E-state index contributed by atoms with van der Waals surface area (Å²) in [5.41, 5.74) is 2.82. The zero-order valence-corrected chi connectivity index (χ0v) is 13.1. The lowest BCUT2D eigenvalue weighted by molar-refractivity contribution is 0.545. The number of rotatable bonds is 6. The highest BCUT2D eigenvalue weighted by Crippen LogP contribution is 2.20. The number of alkyl halides is 1. The Bertz CT molecular complexity index is 462. The lowest BCUT2D eigenvalue weighted by Gasteiger charge is -2.14. The first-order chi connectivity index (χ1) is 8.78. The van der Waals surface area contributed by atoms with Crippen molar-refractivity contribution in [2.75, 3.05) is 5.33 Å². The molecule has 1 aromatic carbocycles. The summed E-state index contributed by atoms with van der Waals surface area (Å²) in [7, 11) is 0. The van der Waals surface area contributed by atoms with Crippen LogP contribution in [-0.2, 0) is 12.8 Å². The van der Waals surface area contributed by atoms with Crippen molar-refractivity contribution in [3.05, 3.63) is 57.8 Å². The molecule has 0 saturated carbocycles. The summed E-state index contributed by atoms with van der Waals surface area (Å²) in [6.07, 6.45) is 3.65. The Morgan fingerprint density at radius 1 is 1.22 bits per heavy atom. The van der Waals surface area contributed by atoms with Crippen LogP contribution < -0.4 is 0 Å². The number of benzene rings is 1. The third-order valence-corrected chi connectivity index (χ3v) is 5.06.